The number of carbonyl (C=O) groups excluding carboxylic acids is 1. The van der Waals surface area contributed by atoms with Gasteiger partial charge >= 0.3 is 0 Å². The number of nitriles is 1. The molecule has 25 heavy (non-hydrogen) atoms. The van der Waals surface area contributed by atoms with Gasteiger partial charge in [-0.05, 0) is 57.8 Å². The number of rotatable bonds is 6. The minimum atomic E-state index is -0.450. The van der Waals surface area contributed by atoms with Crippen molar-refractivity contribution in [3.8, 4) is 11.8 Å². The molecular formula is C20H19BrN2O2. The first-order chi connectivity index (χ1) is 12.0. The van der Waals surface area contributed by atoms with E-state index in [0.29, 0.717) is 18.2 Å². The van der Waals surface area contributed by atoms with Gasteiger partial charge in [-0.2, -0.15) is 5.26 Å². The molecule has 0 radical (unpaired) electrons. The van der Waals surface area contributed by atoms with Gasteiger partial charge in [0.1, 0.15) is 17.4 Å². The second-order valence-corrected chi connectivity index (χ2v) is 6.73. The van der Waals surface area contributed by atoms with Gasteiger partial charge in [-0.1, -0.05) is 38.1 Å². The fourth-order valence-corrected chi connectivity index (χ4v) is 2.37. The van der Waals surface area contributed by atoms with Crippen LogP contribution in [0.1, 0.15) is 19.4 Å². The Morgan fingerprint density at radius 3 is 2.52 bits per heavy atom. The average Bonchev–Trinajstić information content (AvgIpc) is 2.60. The third-order valence-electron chi connectivity index (χ3n) is 3.26. The summed E-state index contributed by atoms with van der Waals surface area (Å²) in [6, 6.07) is 16.5. The predicted molar refractivity (Wildman–Crippen MR) is 103 cm³/mol. The summed E-state index contributed by atoms with van der Waals surface area (Å²) in [5, 5.41) is 12.0. The van der Waals surface area contributed by atoms with Crippen molar-refractivity contribution in [2.24, 2.45) is 5.92 Å². The first kappa shape index (κ1) is 18.8. The number of nitrogens with one attached hydrogen (secondary N) is 1. The Kier molecular flexibility index (Phi) is 6.79. The van der Waals surface area contributed by atoms with E-state index in [-0.39, 0.29) is 5.57 Å². The Balaban J connectivity index is 2.10. The first-order valence-corrected chi connectivity index (χ1v) is 8.69. The molecule has 0 atom stereocenters. The van der Waals surface area contributed by atoms with Crippen LogP contribution in [0.2, 0.25) is 0 Å². The minimum absolute atomic E-state index is 0.0339. The number of carbonyl (C=O) groups is 1. The van der Waals surface area contributed by atoms with Gasteiger partial charge in [0.25, 0.3) is 5.91 Å². The van der Waals surface area contributed by atoms with Crippen LogP contribution in [0.4, 0.5) is 5.69 Å². The van der Waals surface area contributed by atoms with Gasteiger partial charge in [-0.3, -0.25) is 4.79 Å². The number of halogens is 1. The van der Waals surface area contributed by atoms with Crippen molar-refractivity contribution in [2.75, 3.05) is 11.9 Å². The highest BCUT2D eigenvalue weighted by Gasteiger charge is 2.11. The number of hydrogen-bond donors (Lipinski definition) is 1. The highest BCUT2D eigenvalue weighted by molar-refractivity contribution is 9.10. The van der Waals surface area contributed by atoms with Crippen LogP contribution in [-0.2, 0) is 4.79 Å². The van der Waals surface area contributed by atoms with Crippen LogP contribution >= 0.6 is 15.9 Å². The van der Waals surface area contributed by atoms with Crippen LogP contribution < -0.4 is 10.1 Å². The number of ether oxygens (including phenoxy) is 1. The third kappa shape index (κ3) is 5.77. The monoisotopic (exact) mass is 398 g/mol. The molecule has 0 aliphatic heterocycles. The summed E-state index contributed by atoms with van der Waals surface area (Å²) >= 11 is 3.36. The number of benzene rings is 2. The average molecular weight is 399 g/mol. The summed E-state index contributed by atoms with van der Waals surface area (Å²) in [6.07, 6.45) is 1.55. The van der Waals surface area contributed by atoms with E-state index in [1.54, 1.807) is 12.1 Å². The Bertz CT molecular complexity index is 805. The van der Waals surface area contributed by atoms with Crippen LogP contribution in [0.15, 0.2) is 58.6 Å². The summed E-state index contributed by atoms with van der Waals surface area (Å²) < 4.78 is 6.38. The SMILES string of the molecule is CC(C)COc1ccc(/C=C(/C#N)C(=O)Nc2ccccc2Br)cc1. The number of nitrogens with zero attached hydrogens (tertiary/aromatic N) is 1. The maximum absolute atomic E-state index is 12.3. The molecule has 5 heteroatoms. The van der Waals surface area contributed by atoms with Crippen LogP contribution in [0.25, 0.3) is 6.08 Å². The summed E-state index contributed by atoms with van der Waals surface area (Å²) in [5.74, 6) is 0.766. The lowest BCUT2D eigenvalue weighted by Gasteiger charge is -2.09. The second kappa shape index (κ2) is 9.05. The Morgan fingerprint density at radius 2 is 1.92 bits per heavy atom. The second-order valence-electron chi connectivity index (χ2n) is 5.88. The Hall–Kier alpha value is -2.58. The van der Waals surface area contributed by atoms with Crippen molar-refractivity contribution >= 4 is 33.6 Å². The molecule has 0 unspecified atom stereocenters. The minimum Gasteiger partial charge on any atom is -0.493 e. The van der Waals surface area contributed by atoms with E-state index in [1.165, 1.54) is 0 Å². The molecule has 0 heterocycles. The van der Waals surface area contributed by atoms with Gasteiger partial charge in [-0.25, -0.2) is 0 Å². The van der Waals surface area contributed by atoms with Gasteiger partial charge in [0.15, 0.2) is 0 Å². The summed E-state index contributed by atoms with van der Waals surface area (Å²) in [6.45, 7) is 4.81. The molecule has 2 aromatic carbocycles. The van der Waals surface area contributed by atoms with Crippen molar-refractivity contribution in [1.82, 2.24) is 0 Å². The number of amides is 1. The van der Waals surface area contributed by atoms with Crippen molar-refractivity contribution in [1.29, 1.82) is 5.26 Å². The lowest BCUT2D eigenvalue weighted by molar-refractivity contribution is -0.112. The predicted octanol–water partition coefficient (Wildman–Crippen LogP) is 5.03. The van der Waals surface area contributed by atoms with Crippen molar-refractivity contribution in [2.45, 2.75) is 13.8 Å². The van der Waals surface area contributed by atoms with E-state index in [1.807, 2.05) is 48.5 Å². The van der Waals surface area contributed by atoms with Gasteiger partial charge < -0.3 is 10.1 Å². The molecule has 0 fully saturated rings. The maximum atomic E-state index is 12.3. The summed E-state index contributed by atoms with van der Waals surface area (Å²) in [7, 11) is 0. The molecule has 2 rings (SSSR count). The quantitative estimate of drug-likeness (QED) is 0.548. The highest BCUT2D eigenvalue weighted by atomic mass is 79.9. The molecule has 2 aromatic rings. The van der Waals surface area contributed by atoms with Gasteiger partial charge in [-0.15, -0.1) is 0 Å². The van der Waals surface area contributed by atoms with Crippen LogP contribution in [-0.4, -0.2) is 12.5 Å². The van der Waals surface area contributed by atoms with Crippen LogP contribution in [0.5, 0.6) is 5.75 Å². The molecule has 0 saturated carbocycles. The van der Waals surface area contributed by atoms with Gasteiger partial charge in [0.05, 0.1) is 12.3 Å². The van der Waals surface area contributed by atoms with E-state index < -0.39 is 5.91 Å². The van der Waals surface area contributed by atoms with Crippen molar-refractivity contribution < 1.29 is 9.53 Å². The fourth-order valence-electron chi connectivity index (χ4n) is 1.99. The van der Waals surface area contributed by atoms with Crippen molar-refractivity contribution in [3.63, 3.8) is 0 Å². The number of para-hydroxylation sites is 1. The molecular weight excluding hydrogens is 380 g/mol. The van der Waals surface area contributed by atoms with Gasteiger partial charge in [0, 0.05) is 4.47 Å². The Labute approximate surface area is 156 Å². The third-order valence-corrected chi connectivity index (χ3v) is 3.95. The molecule has 0 spiro atoms. The number of hydrogen-bond acceptors (Lipinski definition) is 3. The zero-order chi connectivity index (χ0) is 18.2. The van der Waals surface area contributed by atoms with Gasteiger partial charge in [0.2, 0.25) is 0 Å². The molecule has 1 amide bonds. The van der Waals surface area contributed by atoms with E-state index in [0.717, 1.165) is 15.8 Å². The molecule has 1 N–H and O–H groups in total. The standard InChI is InChI=1S/C20H19BrN2O2/c1-14(2)13-25-17-9-7-15(8-10-17)11-16(12-22)20(24)23-19-6-4-3-5-18(19)21/h3-11,14H,13H2,1-2H3,(H,23,24)/b16-11-. The zero-order valence-corrected chi connectivity index (χ0v) is 15.7. The van der Waals surface area contributed by atoms with Crippen LogP contribution in [0, 0.1) is 17.2 Å². The molecule has 0 saturated heterocycles. The van der Waals surface area contributed by atoms with E-state index >= 15 is 0 Å². The van der Waals surface area contributed by atoms with Crippen LogP contribution in [0.3, 0.4) is 0 Å². The molecule has 4 nitrogen and oxygen atoms in total. The molecule has 128 valence electrons. The lowest BCUT2D eigenvalue weighted by Crippen LogP contribution is -2.13. The normalized spacial score (nSPS) is 11.1. The number of anilines is 1. The molecule has 0 bridgehead atoms. The molecule has 0 aliphatic carbocycles. The lowest BCUT2D eigenvalue weighted by atomic mass is 10.1. The topological polar surface area (TPSA) is 62.1 Å². The van der Waals surface area contributed by atoms with E-state index in [9.17, 15) is 10.1 Å². The largest absolute Gasteiger partial charge is 0.493 e. The molecule has 0 aliphatic rings. The van der Waals surface area contributed by atoms with Crippen molar-refractivity contribution in [3.05, 3.63) is 64.1 Å². The molecule has 0 aromatic heterocycles. The summed E-state index contributed by atoms with van der Waals surface area (Å²) in [4.78, 5) is 12.3. The first-order valence-electron chi connectivity index (χ1n) is 7.90. The maximum Gasteiger partial charge on any atom is 0.266 e. The van der Waals surface area contributed by atoms with E-state index in [4.69, 9.17) is 4.74 Å². The Morgan fingerprint density at radius 1 is 1.24 bits per heavy atom. The summed E-state index contributed by atoms with van der Waals surface area (Å²) in [5.41, 5.74) is 1.41. The highest BCUT2D eigenvalue weighted by Crippen LogP contribution is 2.22. The van der Waals surface area contributed by atoms with E-state index in [2.05, 4.69) is 35.1 Å². The zero-order valence-electron chi connectivity index (χ0n) is 14.1. The smallest absolute Gasteiger partial charge is 0.266 e. The fraction of sp³-hybridized carbons (Fsp3) is 0.200.